The summed E-state index contributed by atoms with van der Waals surface area (Å²) in [5, 5.41) is 2.60. The molecule has 0 unspecified atom stereocenters. The quantitative estimate of drug-likeness (QED) is 0.647. The molecule has 0 radical (unpaired) electrons. The van der Waals surface area contributed by atoms with E-state index in [0.717, 1.165) is 0 Å². The van der Waals surface area contributed by atoms with E-state index in [1.807, 2.05) is 13.8 Å². The van der Waals surface area contributed by atoms with Crippen molar-refractivity contribution in [3.05, 3.63) is 59.7 Å². The summed E-state index contributed by atoms with van der Waals surface area (Å²) in [5.41, 5.74) is 1.19. The van der Waals surface area contributed by atoms with Crippen molar-refractivity contribution in [2.45, 2.75) is 20.8 Å². The molecule has 0 aliphatic carbocycles. The van der Waals surface area contributed by atoms with E-state index in [0.29, 0.717) is 35.1 Å². The lowest BCUT2D eigenvalue weighted by Gasteiger charge is -2.09. The SMILES string of the molecule is CCOC(=O)c1ccc(NC(=O)COC(=O)c2ccc(OCC(C)C)cc2)cc1. The zero-order chi connectivity index (χ0) is 21.2. The van der Waals surface area contributed by atoms with Gasteiger partial charge >= 0.3 is 11.9 Å². The third-order valence-corrected chi connectivity index (χ3v) is 3.69. The van der Waals surface area contributed by atoms with E-state index >= 15 is 0 Å². The predicted octanol–water partition coefficient (Wildman–Crippen LogP) is 3.69. The Morgan fingerprint density at radius 2 is 1.41 bits per heavy atom. The van der Waals surface area contributed by atoms with E-state index in [-0.39, 0.29) is 6.61 Å². The van der Waals surface area contributed by atoms with Crippen molar-refractivity contribution in [2.75, 3.05) is 25.1 Å². The maximum Gasteiger partial charge on any atom is 0.338 e. The highest BCUT2D eigenvalue weighted by Gasteiger charge is 2.12. The lowest BCUT2D eigenvalue weighted by molar-refractivity contribution is -0.119. The summed E-state index contributed by atoms with van der Waals surface area (Å²) in [6.07, 6.45) is 0. The van der Waals surface area contributed by atoms with Crippen LogP contribution in [0.3, 0.4) is 0 Å². The Hall–Kier alpha value is -3.35. The second-order valence-electron chi connectivity index (χ2n) is 6.65. The van der Waals surface area contributed by atoms with Gasteiger partial charge in [-0.05, 0) is 61.4 Å². The number of benzene rings is 2. The lowest BCUT2D eigenvalue weighted by Crippen LogP contribution is -2.21. The number of nitrogens with one attached hydrogen (secondary N) is 1. The van der Waals surface area contributed by atoms with Crippen molar-refractivity contribution < 1.29 is 28.6 Å². The van der Waals surface area contributed by atoms with Crippen LogP contribution in [0.15, 0.2) is 48.5 Å². The number of hydrogen-bond donors (Lipinski definition) is 1. The minimum Gasteiger partial charge on any atom is -0.493 e. The second kappa shape index (κ2) is 10.8. The van der Waals surface area contributed by atoms with Gasteiger partial charge in [-0.25, -0.2) is 9.59 Å². The first kappa shape index (κ1) is 21.9. The molecule has 0 aliphatic heterocycles. The fourth-order valence-electron chi connectivity index (χ4n) is 2.27. The zero-order valence-corrected chi connectivity index (χ0v) is 16.8. The van der Waals surface area contributed by atoms with Gasteiger partial charge in [-0.15, -0.1) is 0 Å². The molecule has 0 fully saturated rings. The molecular formula is C22H25NO6. The number of amides is 1. The van der Waals surface area contributed by atoms with Gasteiger partial charge in [0.05, 0.1) is 24.3 Å². The van der Waals surface area contributed by atoms with Crippen molar-refractivity contribution in [2.24, 2.45) is 5.92 Å². The largest absolute Gasteiger partial charge is 0.493 e. The van der Waals surface area contributed by atoms with Gasteiger partial charge in [0, 0.05) is 5.69 Å². The van der Waals surface area contributed by atoms with E-state index in [4.69, 9.17) is 14.2 Å². The van der Waals surface area contributed by atoms with E-state index in [2.05, 4.69) is 5.32 Å². The van der Waals surface area contributed by atoms with E-state index in [9.17, 15) is 14.4 Å². The first-order valence-electron chi connectivity index (χ1n) is 9.36. The molecule has 154 valence electrons. The van der Waals surface area contributed by atoms with Crippen LogP contribution >= 0.6 is 0 Å². The summed E-state index contributed by atoms with van der Waals surface area (Å²) in [4.78, 5) is 35.6. The summed E-state index contributed by atoms with van der Waals surface area (Å²) in [6.45, 7) is 6.27. The van der Waals surface area contributed by atoms with Gasteiger partial charge in [-0.1, -0.05) is 13.8 Å². The van der Waals surface area contributed by atoms with Crippen LogP contribution in [0.1, 0.15) is 41.5 Å². The number of hydrogen-bond acceptors (Lipinski definition) is 6. The van der Waals surface area contributed by atoms with Gasteiger partial charge in [0.2, 0.25) is 0 Å². The van der Waals surface area contributed by atoms with Crippen molar-refractivity contribution in [3.8, 4) is 5.75 Å². The van der Waals surface area contributed by atoms with E-state index in [1.54, 1.807) is 55.5 Å². The Morgan fingerprint density at radius 1 is 0.862 bits per heavy atom. The number of ether oxygens (including phenoxy) is 3. The molecule has 7 nitrogen and oxygen atoms in total. The summed E-state index contributed by atoms with van der Waals surface area (Å²) >= 11 is 0. The normalized spacial score (nSPS) is 10.3. The van der Waals surface area contributed by atoms with Crippen LogP contribution in [0.2, 0.25) is 0 Å². The molecule has 0 heterocycles. The number of anilines is 1. The van der Waals surface area contributed by atoms with Crippen LogP contribution < -0.4 is 10.1 Å². The summed E-state index contributed by atoms with van der Waals surface area (Å²) < 4.78 is 15.5. The van der Waals surface area contributed by atoms with E-state index < -0.39 is 24.5 Å². The Bertz CT molecular complexity index is 827. The van der Waals surface area contributed by atoms with Crippen LogP contribution in [0.4, 0.5) is 5.69 Å². The Labute approximate surface area is 170 Å². The molecular weight excluding hydrogens is 374 g/mol. The topological polar surface area (TPSA) is 90.9 Å². The molecule has 1 N–H and O–H groups in total. The molecule has 0 saturated carbocycles. The number of carbonyl (C=O) groups excluding carboxylic acids is 3. The number of carbonyl (C=O) groups is 3. The van der Waals surface area contributed by atoms with Crippen LogP contribution in [0, 0.1) is 5.92 Å². The average Bonchev–Trinajstić information content (AvgIpc) is 2.71. The maximum atomic E-state index is 12.1. The summed E-state index contributed by atoms with van der Waals surface area (Å²) in [7, 11) is 0. The molecule has 0 atom stereocenters. The highest BCUT2D eigenvalue weighted by atomic mass is 16.5. The van der Waals surface area contributed by atoms with Gasteiger partial charge in [-0.2, -0.15) is 0 Å². The van der Waals surface area contributed by atoms with Crippen LogP contribution in [-0.4, -0.2) is 37.7 Å². The summed E-state index contributed by atoms with van der Waals surface area (Å²) in [5.74, 6) is -0.453. The van der Waals surface area contributed by atoms with Crippen LogP contribution in [-0.2, 0) is 14.3 Å². The fourth-order valence-corrected chi connectivity index (χ4v) is 2.27. The highest BCUT2D eigenvalue weighted by molar-refractivity contribution is 5.96. The average molecular weight is 399 g/mol. The molecule has 1 amide bonds. The van der Waals surface area contributed by atoms with Crippen molar-refractivity contribution in [1.82, 2.24) is 0 Å². The minimum absolute atomic E-state index is 0.288. The molecule has 0 aliphatic rings. The highest BCUT2D eigenvalue weighted by Crippen LogP contribution is 2.14. The molecule has 0 saturated heterocycles. The molecule has 2 aromatic carbocycles. The molecule has 29 heavy (non-hydrogen) atoms. The minimum atomic E-state index is -0.604. The van der Waals surface area contributed by atoms with Gasteiger partial charge < -0.3 is 19.5 Å². The van der Waals surface area contributed by atoms with Crippen molar-refractivity contribution in [3.63, 3.8) is 0 Å². The monoisotopic (exact) mass is 399 g/mol. The zero-order valence-electron chi connectivity index (χ0n) is 16.8. The van der Waals surface area contributed by atoms with Crippen LogP contribution in [0.25, 0.3) is 0 Å². The van der Waals surface area contributed by atoms with Crippen molar-refractivity contribution in [1.29, 1.82) is 0 Å². The number of rotatable bonds is 9. The molecule has 0 bridgehead atoms. The summed E-state index contributed by atoms with van der Waals surface area (Å²) in [6, 6.07) is 12.8. The third kappa shape index (κ3) is 7.29. The Morgan fingerprint density at radius 3 is 1.97 bits per heavy atom. The Balaban J connectivity index is 1.81. The van der Waals surface area contributed by atoms with Gasteiger partial charge in [0.15, 0.2) is 6.61 Å². The van der Waals surface area contributed by atoms with Gasteiger partial charge in [0.1, 0.15) is 5.75 Å². The molecule has 7 heteroatoms. The predicted molar refractivity (Wildman–Crippen MR) is 108 cm³/mol. The number of esters is 2. The van der Waals surface area contributed by atoms with Crippen LogP contribution in [0.5, 0.6) is 5.75 Å². The molecule has 0 aromatic heterocycles. The maximum absolute atomic E-state index is 12.1. The third-order valence-electron chi connectivity index (χ3n) is 3.69. The Kier molecular flexibility index (Phi) is 8.21. The molecule has 2 aromatic rings. The lowest BCUT2D eigenvalue weighted by atomic mass is 10.2. The van der Waals surface area contributed by atoms with Gasteiger partial charge in [0.25, 0.3) is 5.91 Å². The van der Waals surface area contributed by atoms with E-state index in [1.165, 1.54) is 0 Å². The van der Waals surface area contributed by atoms with Gasteiger partial charge in [-0.3, -0.25) is 4.79 Å². The first-order chi connectivity index (χ1) is 13.9. The second-order valence-corrected chi connectivity index (χ2v) is 6.65. The fraction of sp³-hybridized carbons (Fsp3) is 0.318. The van der Waals surface area contributed by atoms with Crippen molar-refractivity contribution >= 4 is 23.5 Å². The molecule has 2 rings (SSSR count). The first-order valence-corrected chi connectivity index (χ1v) is 9.36. The standard InChI is InChI=1S/C22H25NO6/c1-4-27-21(25)16-5-9-18(10-6-16)23-20(24)14-29-22(26)17-7-11-19(12-8-17)28-13-15(2)3/h5-12,15H,4,13-14H2,1-3H3,(H,23,24). The molecule has 0 spiro atoms. The smallest absolute Gasteiger partial charge is 0.338 e.